The predicted octanol–water partition coefficient (Wildman–Crippen LogP) is 13.4. The first-order valence-electron chi connectivity index (χ1n) is 23.2. The van der Waals surface area contributed by atoms with Crippen molar-refractivity contribution < 1.29 is 24.5 Å². The molecule has 6 nitrogen and oxygen atoms in total. The van der Waals surface area contributed by atoms with E-state index in [4.69, 9.17) is 4.74 Å². The SMILES string of the molecule is CC/C=C/C=C/C=C/CCCCCCCC(CC(=O)NC(CO)C(O)CCCCCCCCCCCC)OC(=O)CCCCCC/C=C/C/C=C/C/C=C/CC. The Balaban J connectivity index is 4.68. The number of amides is 1. The molecule has 322 valence electrons. The van der Waals surface area contributed by atoms with Gasteiger partial charge in [-0.15, -0.1) is 0 Å². The van der Waals surface area contributed by atoms with Crippen LogP contribution in [0.1, 0.15) is 207 Å². The minimum atomic E-state index is -0.798. The number of unbranched alkanes of at least 4 members (excludes halogenated alkanes) is 18. The van der Waals surface area contributed by atoms with E-state index in [2.05, 4.69) is 99.0 Å². The summed E-state index contributed by atoms with van der Waals surface area (Å²) in [5.74, 6) is -0.527. The summed E-state index contributed by atoms with van der Waals surface area (Å²) in [6, 6.07) is -0.714. The number of nitrogens with one attached hydrogen (secondary N) is 1. The van der Waals surface area contributed by atoms with Crippen LogP contribution in [0.15, 0.2) is 72.9 Å². The largest absolute Gasteiger partial charge is 0.462 e. The van der Waals surface area contributed by atoms with Gasteiger partial charge < -0.3 is 20.3 Å². The first-order valence-corrected chi connectivity index (χ1v) is 23.2. The molecule has 0 saturated heterocycles. The number of hydrogen-bond donors (Lipinski definition) is 3. The molecule has 6 heteroatoms. The van der Waals surface area contributed by atoms with Crippen molar-refractivity contribution in [3.8, 4) is 0 Å². The molecule has 3 atom stereocenters. The predicted molar refractivity (Wildman–Crippen MR) is 241 cm³/mol. The molecular weight excluding hydrogens is 695 g/mol. The highest BCUT2D eigenvalue weighted by Gasteiger charge is 2.24. The summed E-state index contributed by atoms with van der Waals surface area (Å²) >= 11 is 0. The summed E-state index contributed by atoms with van der Waals surface area (Å²) in [4.78, 5) is 26.0. The molecule has 0 spiro atoms. The monoisotopic (exact) mass is 782 g/mol. The Morgan fingerprint density at radius 2 is 1.05 bits per heavy atom. The number of rotatable bonds is 40. The quantitative estimate of drug-likeness (QED) is 0.0249. The molecular formula is C50H87NO5. The lowest BCUT2D eigenvalue weighted by Crippen LogP contribution is -2.46. The van der Waals surface area contributed by atoms with Crippen LogP contribution in [0.4, 0.5) is 0 Å². The Labute approximate surface area is 345 Å². The second-order valence-electron chi connectivity index (χ2n) is 15.5. The van der Waals surface area contributed by atoms with E-state index >= 15 is 0 Å². The van der Waals surface area contributed by atoms with E-state index in [0.717, 1.165) is 116 Å². The van der Waals surface area contributed by atoms with Crippen LogP contribution in [-0.2, 0) is 14.3 Å². The number of ether oxygens (including phenoxy) is 1. The zero-order valence-electron chi connectivity index (χ0n) is 36.5. The van der Waals surface area contributed by atoms with Crippen molar-refractivity contribution in [1.29, 1.82) is 0 Å². The van der Waals surface area contributed by atoms with Crippen LogP contribution < -0.4 is 5.32 Å². The summed E-state index contributed by atoms with van der Waals surface area (Å²) in [6.07, 6.45) is 53.9. The minimum Gasteiger partial charge on any atom is -0.462 e. The summed E-state index contributed by atoms with van der Waals surface area (Å²) in [5.41, 5.74) is 0. The van der Waals surface area contributed by atoms with Crippen LogP contribution in [0.2, 0.25) is 0 Å². The van der Waals surface area contributed by atoms with Gasteiger partial charge in [0.05, 0.1) is 25.2 Å². The molecule has 0 aliphatic heterocycles. The first kappa shape index (κ1) is 53.3. The van der Waals surface area contributed by atoms with Crippen molar-refractivity contribution in [2.75, 3.05) is 6.61 Å². The standard InChI is InChI=1S/C50H87NO5/c1-4-7-10-13-16-19-22-24-26-28-31-34-37-40-43-50(55)56-46(41-38-35-32-29-27-25-23-20-17-14-11-8-5-2)44-49(54)51-47(45-52)48(53)42-39-36-33-30-21-18-15-12-9-6-3/h7-8,10-11,14,16-17,19-20,23-24,26,46-48,52-53H,4-6,9,12-13,15,18,21-22,25,27-45H2,1-3H3,(H,51,54)/b10-7+,11-8+,17-14+,19-16+,23-20+,26-24+. The average Bonchev–Trinajstić information content (AvgIpc) is 3.19. The van der Waals surface area contributed by atoms with E-state index in [1.54, 1.807) is 0 Å². The van der Waals surface area contributed by atoms with Gasteiger partial charge in [0, 0.05) is 6.42 Å². The second-order valence-corrected chi connectivity index (χ2v) is 15.5. The number of allylic oxidation sites excluding steroid dienone is 12. The molecule has 56 heavy (non-hydrogen) atoms. The van der Waals surface area contributed by atoms with Crippen molar-refractivity contribution >= 4 is 11.9 Å². The molecule has 3 unspecified atom stereocenters. The van der Waals surface area contributed by atoms with E-state index in [9.17, 15) is 19.8 Å². The van der Waals surface area contributed by atoms with E-state index in [1.165, 1.54) is 44.9 Å². The van der Waals surface area contributed by atoms with Gasteiger partial charge in [0.1, 0.15) is 6.10 Å². The number of hydrogen-bond acceptors (Lipinski definition) is 5. The van der Waals surface area contributed by atoms with E-state index in [1.807, 2.05) is 0 Å². The molecule has 0 fully saturated rings. The highest BCUT2D eigenvalue weighted by molar-refractivity contribution is 5.77. The Kier molecular flexibility index (Phi) is 41.3. The Bertz CT molecular complexity index is 1060. The molecule has 0 aliphatic rings. The fourth-order valence-electron chi connectivity index (χ4n) is 6.62. The van der Waals surface area contributed by atoms with E-state index in [-0.39, 0.29) is 24.9 Å². The molecule has 0 saturated carbocycles. The first-order chi connectivity index (χ1) is 27.5. The van der Waals surface area contributed by atoms with Gasteiger partial charge in [-0.05, 0) is 77.0 Å². The maximum absolute atomic E-state index is 13.1. The lowest BCUT2D eigenvalue weighted by Gasteiger charge is -2.24. The topological polar surface area (TPSA) is 95.9 Å². The molecule has 3 N–H and O–H groups in total. The molecule has 0 radical (unpaired) electrons. The maximum atomic E-state index is 13.1. The number of esters is 1. The highest BCUT2D eigenvalue weighted by atomic mass is 16.5. The Hall–Kier alpha value is -2.70. The van der Waals surface area contributed by atoms with Crippen LogP contribution in [-0.4, -0.2) is 46.9 Å². The zero-order valence-corrected chi connectivity index (χ0v) is 36.5. The average molecular weight is 782 g/mol. The smallest absolute Gasteiger partial charge is 0.306 e. The van der Waals surface area contributed by atoms with Gasteiger partial charge in [0.15, 0.2) is 0 Å². The van der Waals surface area contributed by atoms with Crippen LogP contribution in [0.3, 0.4) is 0 Å². The van der Waals surface area contributed by atoms with Crippen LogP contribution in [0, 0.1) is 0 Å². The van der Waals surface area contributed by atoms with Crippen molar-refractivity contribution in [1.82, 2.24) is 5.32 Å². The van der Waals surface area contributed by atoms with Crippen LogP contribution in [0.5, 0.6) is 0 Å². The summed E-state index contributed by atoms with van der Waals surface area (Å²) < 4.78 is 5.89. The normalized spacial score (nSPS) is 14.0. The summed E-state index contributed by atoms with van der Waals surface area (Å²) in [6.45, 7) is 6.20. The highest BCUT2D eigenvalue weighted by Crippen LogP contribution is 2.17. The lowest BCUT2D eigenvalue weighted by atomic mass is 10.0. The molecule has 1 amide bonds. The third-order valence-electron chi connectivity index (χ3n) is 10.1. The summed E-state index contributed by atoms with van der Waals surface area (Å²) in [5, 5.41) is 23.6. The van der Waals surface area contributed by atoms with Crippen molar-refractivity contribution in [3.05, 3.63) is 72.9 Å². The van der Waals surface area contributed by atoms with E-state index < -0.39 is 18.2 Å². The van der Waals surface area contributed by atoms with Gasteiger partial charge in [-0.2, -0.15) is 0 Å². The zero-order chi connectivity index (χ0) is 41.0. The number of aliphatic hydroxyl groups is 2. The number of aliphatic hydroxyl groups excluding tert-OH is 2. The van der Waals surface area contributed by atoms with E-state index in [0.29, 0.717) is 19.3 Å². The lowest BCUT2D eigenvalue weighted by molar-refractivity contribution is -0.151. The van der Waals surface area contributed by atoms with Gasteiger partial charge in [0.25, 0.3) is 0 Å². The number of carbonyl (C=O) groups is 2. The van der Waals surface area contributed by atoms with Gasteiger partial charge in [-0.25, -0.2) is 0 Å². The molecule has 0 heterocycles. The molecule has 0 bridgehead atoms. The Morgan fingerprint density at radius 1 is 0.554 bits per heavy atom. The number of carbonyl (C=O) groups excluding carboxylic acids is 2. The fourth-order valence-corrected chi connectivity index (χ4v) is 6.62. The third-order valence-corrected chi connectivity index (χ3v) is 10.1. The van der Waals surface area contributed by atoms with Gasteiger partial charge in [-0.1, -0.05) is 190 Å². The second kappa shape index (κ2) is 43.4. The molecule has 0 aromatic rings. The van der Waals surface area contributed by atoms with Crippen molar-refractivity contribution in [2.24, 2.45) is 0 Å². The molecule has 0 aliphatic carbocycles. The van der Waals surface area contributed by atoms with Gasteiger partial charge in [-0.3, -0.25) is 9.59 Å². The third kappa shape index (κ3) is 38.2. The molecule has 0 aromatic heterocycles. The van der Waals surface area contributed by atoms with Crippen molar-refractivity contribution in [3.63, 3.8) is 0 Å². The van der Waals surface area contributed by atoms with Gasteiger partial charge >= 0.3 is 5.97 Å². The van der Waals surface area contributed by atoms with Crippen molar-refractivity contribution in [2.45, 2.75) is 225 Å². The molecule has 0 aromatic carbocycles. The van der Waals surface area contributed by atoms with Crippen LogP contribution >= 0.6 is 0 Å². The Morgan fingerprint density at radius 3 is 1.66 bits per heavy atom. The minimum absolute atomic E-state index is 0.0515. The maximum Gasteiger partial charge on any atom is 0.306 e. The fraction of sp³-hybridized carbons (Fsp3) is 0.720. The summed E-state index contributed by atoms with van der Waals surface area (Å²) in [7, 11) is 0. The van der Waals surface area contributed by atoms with Crippen LogP contribution in [0.25, 0.3) is 0 Å². The molecule has 0 rings (SSSR count). The van der Waals surface area contributed by atoms with Gasteiger partial charge in [0.2, 0.25) is 5.91 Å².